The second-order valence-corrected chi connectivity index (χ2v) is 32.8. The average molecular weight is 631 g/mol. The molecule has 0 bridgehead atoms. The van der Waals surface area contributed by atoms with Gasteiger partial charge in [0.15, 0.2) is 0 Å². The van der Waals surface area contributed by atoms with E-state index in [1.807, 2.05) is 0 Å². The molecule has 0 aliphatic carbocycles. The van der Waals surface area contributed by atoms with E-state index in [4.69, 9.17) is 67.3 Å². The van der Waals surface area contributed by atoms with Crippen molar-refractivity contribution in [2.75, 3.05) is 0 Å². The molecule has 0 radical (unpaired) electrons. The van der Waals surface area contributed by atoms with Crippen molar-refractivity contribution in [1.29, 1.82) is 0 Å². The van der Waals surface area contributed by atoms with E-state index in [-0.39, 0.29) is 0 Å². The Morgan fingerprint density at radius 3 is 0.778 bits per heavy atom. The van der Waals surface area contributed by atoms with Crippen molar-refractivity contribution in [3.05, 3.63) is 0 Å². The molecule has 9 heavy (non-hydrogen) atoms. The summed E-state index contributed by atoms with van der Waals surface area (Å²) < 4.78 is 0. The Hall–Kier alpha value is 3.32. The van der Waals surface area contributed by atoms with E-state index in [9.17, 15) is 0 Å². The fourth-order valence-electron chi connectivity index (χ4n) is 0. The zero-order chi connectivity index (χ0) is 8.08. The first-order chi connectivity index (χ1) is 3.73. The van der Waals surface area contributed by atoms with Gasteiger partial charge in [-0.25, -0.2) is 0 Å². The molecule has 0 N–H and O–H groups in total. The Morgan fingerprint density at radius 2 is 0.778 bits per heavy atom. The van der Waals surface area contributed by atoms with Crippen LogP contribution >= 0.6 is 67.3 Å². The quantitative estimate of drug-likeness (QED) is 0.360. The van der Waals surface area contributed by atoms with Crippen LogP contribution in [-0.2, 0) is 24.5 Å². The van der Waals surface area contributed by atoms with Crippen molar-refractivity contribution >= 4 is 67.3 Å². The molecule has 0 aromatic rings. The van der Waals surface area contributed by atoms with Crippen molar-refractivity contribution in [2.24, 2.45) is 0 Å². The van der Waals surface area contributed by atoms with Gasteiger partial charge in [-0.05, 0) is 0 Å². The molecular formula is Cl7IrOs. The molecule has 0 atom stereocenters. The minimum atomic E-state index is -3.17. The molecule has 0 aromatic carbocycles. The van der Waals surface area contributed by atoms with Crippen LogP contribution in [0.1, 0.15) is 0 Å². The van der Waals surface area contributed by atoms with Gasteiger partial charge in [-0.3, -0.25) is 0 Å². The van der Waals surface area contributed by atoms with E-state index in [1.54, 1.807) is 0 Å². The van der Waals surface area contributed by atoms with E-state index < -0.39 is 24.5 Å². The van der Waals surface area contributed by atoms with Gasteiger partial charge in [-0.15, -0.1) is 0 Å². The number of hydrogen-bond donors (Lipinski definition) is 0. The van der Waals surface area contributed by atoms with E-state index >= 15 is 0 Å². The molecule has 0 spiro atoms. The predicted molar refractivity (Wildman–Crippen MR) is 41.0 cm³/mol. The summed E-state index contributed by atoms with van der Waals surface area (Å²) in [6.07, 6.45) is 0. The maximum absolute atomic E-state index is 5.02. The first kappa shape index (κ1) is 14.8. The summed E-state index contributed by atoms with van der Waals surface area (Å²) in [4.78, 5) is 0. The van der Waals surface area contributed by atoms with Gasteiger partial charge in [0.05, 0.1) is 0 Å². The summed E-state index contributed by atoms with van der Waals surface area (Å²) in [5, 5.41) is 0. The maximum atomic E-state index is 5.02. The topological polar surface area (TPSA) is 0 Å². The molecular weight excluding hydrogens is 631 g/mol. The molecule has 0 aliphatic rings. The normalized spacial score (nSPS) is 13.4. The van der Waals surface area contributed by atoms with Crippen LogP contribution in [0, 0.1) is 0 Å². The van der Waals surface area contributed by atoms with E-state index in [0.29, 0.717) is 0 Å². The summed E-state index contributed by atoms with van der Waals surface area (Å²) in [5.41, 5.74) is 0. The van der Waals surface area contributed by atoms with Crippen LogP contribution in [0.25, 0.3) is 0 Å². The fraction of sp³-hybridized carbons (Fsp3) is 0. The number of rotatable bonds is 0. The second-order valence-electron chi connectivity index (χ2n) is 0.446. The van der Waals surface area contributed by atoms with Gasteiger partial charge in [-0.1, -0.05) is 0 Å². The molecule has 0 unspecified atom stereocenters. The average Bonchev–Trinajstić information content (AvgIpc) is 1.19. The van der Waals surface area contributed by atoms with Crippen LogP contribution in [0.2, 0.25) is 0 Å². The molecule has 0 saturated carbocycles. The molecule has 0 rings (SSSR count). The molecule has 0 aliphatic heterocycles. The van der Waals surface area contributed by atoms with Crippen LogP contribution in [-0.4, -0.2) is 0 Å². The van der Waals surface area contributed by atoms with Gasteiger partial charge in [-0.2, -0.15) is 0 Å². The van der Waals surface area contributed by atoms with Crippen LogP contribution in [0.5, 0.6) is 0 Å². The molecule has 0 nitrogen and oxygen atoms in total. The molecule has 0 saturated heterocycles. The van der Waals surface area contributed by atoms with Gasteiger partial charge in [0.25, 0.3) is 0 Å². The Morgan fingerprint density at radius 1 is 0.778 bits per heavy atom. The first-order valence-electron chi connectivity index (χ1n) is 0.912. The van der Waals surface area contributed by atoms with Gasteiger partial charge in [0.2, 0.25) is 0 Å². The summed E-state index contributed by atoms with van der Waals surface area (Å²) in [6, 6.07) is 0. The first-order valence-corrected chi connectivity index (χ1v) is 22.4. The van der Waals surface area contributed by atoms with Crippen molar-refractivity contribution in [3.8, 4) is 0 Å². The van der Waals surface area contributed by atoms with Crippen LogP contribution < -0.4 is 0 Å². The van der Waals surface area contributed by atoms with Gasteiger partial charge in [0, 0.05) is 0 Å². The SMILES string of the molecule is [Cl][Ir]([Cl])[Cl].[Cl][Os]([Cl])([Cl])[Cl]. The van der Waals surface area contributed by atoms with E-state index in [0.717, 1.165) is 0 Å². The van der Waals surface area contributed by atoms with E-state index in [1.165, 1.54) is 0 Å². The van der Waals surface area contributed by atoms with E-state index in [2.05, 4.69) is 0 Å². The Bertz CT molecular complexity index is 45.7. The molecule has 0 amide bonds. The van der Waals surface area contributed by atoms with Crippen molar-refractivity contribution in [2.45, 2.75) is 0 Å². The Labute approximate surface area is 90.1 Å². The van der Waals surface area contributed by atoms with Gasteiger partial charge < -0.3 is 0 Å². The van der Waals surface area contributed by atoms with Crippen molar-refractivity contribution in [3.63, 3.8) is 0 Å². The zero-order valence-electron chi connectivity index (χ0n) is 3.33. The Balaban J connectivity index is 0. The van der Waals surface area contributed by atoms with Crippen molar-refractivity contribution in [1.82, 2.24) is 0 Å². The molecule has 0 aromatic heterocycles. The number of hydrogen-bond acceptors (Lipinski definition) is 0. The number of halogens is 7. The predicted octanol–water partition coefficient (Wildman–Crippen LogP) is 4.82. The summed E-state index contributed by atoms with van der Waals surface area (Å²) in [6.45, 7) is 0. The molecule has 66 valence electrons. The summed E-state index contributed by atoms with van der Waals surface area (Å²) in [7, 11) is 35.0. The van der Waals surface area contributed by atoms with Crippen LogP contribution in [0.15, 0.2) is 0 Å². The van der Waals surface area contributed by atoms with Gasteiger partial charge >= 0.3 is 91.8 Å². The van der Waals surface area contributed by atoms with Crippen LogP contribution in [0.4, 0.5) is 0 Å². The molecule has 0 heterocycles. The van der Waals surface area contributed by atoms with Crippen molar-refractivity contribution < 1.29 is 24.5 Å². The summed E-state index contributed by atoms with van der Waals surface area (Å²) >= 11 is -5.08. The second kappa shape index (κ2) is 7.94. The minimum absolute atomic E-state index is 1.92. The van der Waals surface area contributed by atoms with Crippen LogP contribution in [0.3, 0.4) is 0 Å². The molecule has 9 heteroatoms. The fourth-order valence-corrected chi connectivity index (χ4v) is 0. The van der Waals surface area contributed by atoms with Gasteiger partial charge in [0.1, 0.15) is 0 Å². The monoisotopic (exact) mass is 630 g/mol. The third-order valence-electron chi connectivity index (χ3n) is 0. The third-order valence-corrected chi connectivity index (χ3v) is 0. The molecule has 0 fully saturated rings. The Kier molecular flexibility index (Phi) is 13.1. The third kappa shape index (κ3) is 89.3. The zero-order valence-corrected chi connectivity index (χ0v) is 13.6. The standard InChI is InChI=1S/7ClH.Ir.Os/h7*1H;;/q;;;;;;;+3;+4/p-7. The summed E-state index contributed by atoms with van der Waals surface area (Å²) in [5.74, 6) is 0.